The molecule has 104 valence electrons. The summed E-state index contributed by atoms with van der Waals surface area (Å²) < 4.78 is 5.75. The van der Waals surface area contributed by atoms with E-state index >= 15 is 0 Å². The van der Waals surface area contributed by atoms with Gasteiger partial charge in [0.2, 0.25) is 5.90 Å². The highest BCUT2D eigenvalue weighted by atomic mass is 16.5. The van der Waals surface area contributed by atoms with Gasteiger partial charge < -0.3 is 4.74 Å². The molecular weight excluding hydrogens is 234 g/mol. The van der Waals surface area contributed by atoms with Gasteiger partial charge in [0, 0.05) is 5.56 Å². The van der Waals surface area contributed by atoms with Crippen LogP contribution in [0.5, 0.6) is 0 Å². The van der Waals surface area contributed by atoms with E-state index < -0.39 is 0 Å². The number of hydrogen-bond acceptors (Lipinski definition) is 2. The first-order chi connectivity index (χ1) is 8.75. The largest absolute Gasteiger partial charge is 0.475 e. The average molecular weight is 259 g/mol. The summed E-state index contributed by atoms with van der Waals surface area (Å²) in [6.07, 6.45) is 1.12. The second kappa shape index (κ2) is 4.66. The second-order valence-corrected chi connectivity index (χ2v) is 6.79. The molecular formula is C17H25NO. The highest BCUT2D eigenvalue weighted by molar-refractivity contribution is 5.95. The van der Waals surface area contributed by atoms with E-state index in [2.05, 4.69) is 64.7 Å². The zero-order valence-corrected chi connectivity index (χ0v) is 13.0. The van der Waals surface area contributed by atoms with E-state index in [0.717, 1.165) is 17.9 Å². The Morgan fingerprint density at radius 2 is 2.00 bits per heavy atom. The van der Waals surface area contributed by atoms with Crippen molar-refractivity contribution in [2.45, 2.75) is 58.9 Å². The highest BCUT2D eigenvalue weighted by Gasteiger charge is 2.28. The minimum atomic E-state index is -0.0966. The van der Waals surface area contributed by atoms with Gasteiger partial charge in [0.1, 0.15) is 6.61 Å². The predicted octanol–water partition coefficient (Wildman–Crippen LogP) is 4.24. The van der Waals surface area contributed by atoms with Crippen molar-refractivity contribution in [1.29, 1.82) is 0 Å². The number of rotatable bonds is 3. The van der Waals surface area contributed by atoms with Crippen molar-refractivity contribution in [2.75, 3.05) is 6.61 Å². The Morgan fingerprint density at radius 1 is 1.32 bits per heavy atom. The molecule has 1 aromatic rings. The van der Waals surface area contributed by atoms with Crippen LogP contribution in [0.4, 0.5) is 0 Å². The van der Waals surface area contributed by atoms with Crippen molar-refractivity contribution in [3.8, 4) is 0 Å². The molecule has 0 fully saturated rings. The van der Waals surface area contributed by atoms with Gasteiger partial charge in [-0.05, 0) is 55.9 Å². The summed E-state index contributed by atoms with van der Waals surface area (Å²) in [5, 5.41) is 0. The average Bonchev–Trinajstić information content (AvgIpc) is 2.70. The van der Waals surface area contributed by atoms with E-state index in [4.69, 9.17) is 4.74 Å². The van der Waals surface area contributed by atoms with Crippen LogP contribution in [-0.4, -0.2) is 18.0 Å². The fourth-order valence-electron chi connectivity index (χ4n) is 2.41. The van der Waals surface area contributed by atoms with Crippen molar-refractivity contribution in [1.82, 2.24) is 0 Å². The number of ether oxygens (including phenoxy) is 1. The normalized spacial score (nSPS) is 18.1. The number of nitrogens with zero attached hydrogens (tertiary/aromatic N) is 1. The third-order valence-electron chi connectivity index (χ3n) is 4.06. The van der Waals surface area contributed by atoms with Crippen LogP contribution in [0.15, 0.2) is 23.2 Å². The minimum absolute atomic E-state index is 0.0966. The smallest absolute Gasteiger partial charge is 0.216 e. The topological polar surface area (TPSA) is 21.6 Å². The lowest BCUT2D eigenvalue weighted by Gasteiger charge is -2.26. The molecule has 0 bridgehead atoms. The first-order valence-electron chi connectivity index (χ1n) is 7.09. The molecule has 2 heteroatoms. The summed E-state index contributed by atoms with van der Waals surface area (Å²) >= 11 is 0. The van der Waals surface area contributed by atoms with Crippen molar-refractivity contribution in [2.24, 2.45) is 4.99 Å². The van der Waals surface area contributed by atoms with Gasteiger partial charge in [-0.15, -0.1) is 0 Å². The quantitative estimate of drug-likeness (QED) is 0.795. The molecule has 1 heterocycles. The monoisotopic (exact) mass is 259 g/mol. The number of aryl methyl sites for hydroxylation is 1. The first kappa shape index (κ1) is 14.1. The molecule has 0 aromatic heterocycles. The zero-order valence-electron chi connectivity index (χ0n) is 13.0. The van der Waals surface area contributed by atoms with Crippen LogP contribution in [0.3, 0.4) is 0 Å². The Labute approximate surface area is 116 Å². The molecule has 1 aliphatic rings. The Bertz CT molecular complexity index is 512. The molecule has 0 atom stereocenters. The van der Waals surface area contributed by atoms with Crippen molar-refractivity contribution < 1.29 is 4.74 Å². The van der Waals surface area contributed by atoms with E-state index in [9.17, 15) is 0 Å². The molecule has 0 radical (unpaired) electrons. The number of aliphatic imine (C=N–C) groups is 1. The van der Waals surface area contributed by atoms with Gasteiger partial charge in [0.15, 0.2) is 0 Å². The molecule has 2 nitrogen and oxygen atoms in total. The summed E-state index contributed by atoms with van der Waals surface area (Å²) in [7, 11) is 0. The molecule has 0 aliphatic carbocycles. The molecule has 1 aliphatic heterocycles. The van der Waals surface area contributed by atoms with Gasteiger partial charge in [0.25, 0.3) is 0 Å². The Hall–Kier alpha value is -1.31. The fourth-order valence-corrected chi connectivity index (χ4v) is 2.41. The van der Waals surface area contributed by atoms with E-state index in [1.54, 1.807) is 0 Å². The minimum Gasteiger partial charge on any atom is -0.475 e. The Kier molecular flexibility index (Phi) is 3.46. The summed E-state index contributed by atoms with van der Waals surface area (Å²) in [6.45, 7) is 13.9. The SMILES string of the molecule is CCC(C)(C)c1cc(C2=NC(C)(C)CO2)ccc1C. The van der Waals surface area contributed by atoms with Gasteiger partial charge >= 0.3 is 0 Å². The lowest BCUT2D eigenvalue weighted by molar-refractivity contribution is 0.279. The van der Waals surface area contributed by atoms with Gasteiger partial charge in [-0.2, -0.15) is 0 Å². The van der Waals surface area contributed by atoms with Crippen LogP contribution in [-0.2, 0) is 10.2 Å². The second-order valence-electron chi connectivity index (χ2n) is 6.79. The lowest BCUT2D eigenvalue weighted by Crippen LogP contribution is -2.18. The van der Waals surface area contributed by atoms with Crippen molar-refractivity contribution in [3.63, 3.8) is 0 Å². The highest BCUT2D eigenvalue weighted by Crippen LogP contribution is 2.31. The molecule has 0 saturated carbocycles. The summed E-state index contributed by atoms with van der Waals surface area (Å²) in [5.41, 5.74) is 3.93. The van der Waals surface area contributed by atoms with Crippen LogP contribution in [0.25, 0.3) is 0 Å². The van der Waals surface area contributed by atoms with Crippen LogP contribution in [0.2, 0.25) is 0 Å². The van der Waals surface area contributed by atoms with Gasteiger partial charge in [-0.25, -0.2) is 4.99 Å². The summed E-state index contributed by atoms with van der Waals surface area (Å²) in [4.78, 5) is 4.66. The number of benzene rings is 1. The van der Waals surface area contributed by atoms with E-state index in [1.807, 2.05) is 0 Å². The molecule has 0 N–H and O–H groups in total. The standard InChI is InChI=1S/C17H25NO/c1-7-16(3,4)14-10-13(9-8-12(14)2)15-18-17(5,6)11-19-15/h8-10H,7,11H2,1-6H3. The van der Waals surface area contributed by atoms with E-state index in [-0.39, 0.29) is 11.0 Å². The lowest BCUT2D eigenvalue weighted by atomic mass is 9.79. The third-order valence-corrected chi connectivity index (χ3v) is 4.06. The Morgan fingerprint density at radius 3 is 2.53 bits per heavy atom. The summed E-state index contributed by atoms with van der Waals surface area (Å²) in [5.74, 6) is 0.790. The van der Waals surface area contributed by atoms with Gasteiger partial charge in [0.05, 0.1) is 5.54 Å². The van der Waals surface area contributed by atoms with Crippen LogP contribution < -0.4 is 0 Å². The molecule has 0 amide bonds. The summed E-state index contributed by atoms with van der Waals surface area (Å²) in [6, 6.07) is 6.54. The predicted molar refractivity (Wildman–Crippen MR) is 81.1 cm³/mol. The molecule has 0 saturated heterocycles. The Balaban J connectivity index is 2.43. The zero-order chi connectivity index (χ0) is 14.3. The third kappa shape index (κ3) is 2.83. The first-order valence-corrected chi connectivity index (χ1v) is 7.09. The molecule has 0 unspecified atom stereocenters. The molecule has 0 spiro atoms. The van der Waals surface area contributed by atoms with E-state index in [0.29, 0.717) is 6.61 Å². The van der Waals surface area contributed by atoms with Gasteiger partial charge in [-0.3, -0.25) is 0 Å². The maximum Gasteiger partial charge on any atom is 0.216 e. The number of hydrogen-bond donors (Lipinski definition) is 0. The van der Waals surface area contributed by atoms with Crippen LogP contribution in [0, 0.1) is 6.92 Å². The van der Waals surface area contributed by atoms with E-state index in [1.165, 1.54) is 11.1 Å². The maximum absolute atomic E-state index is 5.75. The molecule has 1 aromatic carbocycles. The molecule has 2 rings (SSSR count). The van der Waals surface area contributed by atoms with Crippen molar-refractivity contribution in [3.05, 3.63) is 34.9 Å². The van der Waals surface area contributed by atoms with Crippen LogP contribution >= 0.6 is 0 Å². The van der Waals surface area contributed by atoms with Crippen molar-refractivity contribution >= 4 is 5.90 Å². The van der Waals surface area contributed by atoms with Gasteiger partial charge in [-0.1, -0.05) is 26.8 Å². The molecule has 19 heavy (non-hydrogen) atoms. The maximum atomic E-state index is 5.75. The fraction of sp³-hybridized carbons (Fsp3) is 0.588. The van der Waals surface area contributed by atoms with Crippen LogP contribution in [0.1, 0.15) is 57.7 Å².